The van der Waals surface area contributed by atoms with Crippen molar-refractivity contribution in [1.29, 1.82) is 0 Å². The van der Waals surface area contributed by atoms with E-state index in [1.54, 1.807) is 0 Å². The van der Waals surface area contributed by atoms with Crippen molar-refractivity contribution in [3.05, 3.63) is 18.2 Å². The Balaban J connectivity index is 0.00000161. The number of aromatic nitrogens is 2. The lowest BCUT2D eigenvalue weighted by Gasteiger charge is -2.42. The summed E-state index contributed by atoms with van der Waals surface area (Å²) in [5.74, 6) is 1.19. The van der Waals surface area contributed by atoms with Gasteiger partial charge in [0.15, 0.2) is 0 Å². The standard InChI is InChI=1S/C15H27N5.ClH/c1-15(4-5-16-11-15)12-20-9-8-18(2)13(10-20)14-17-6-7-19(14)3;/h6-7,13,16H,4-5,8-12H2,1-3H3;1H. The molecule has 2 aliphatic rings. The number of nitrogens with one attached hydrogen (secondary N) is 1. The van der Waals surface area contributed by atoms with Crippen LogP contribution in [0.25, 0.3) is 0 Å². The van der Waals surface area contributed by atoms with E-state index in [1.807, 2.05) is 12.4 Å². The topological polar surface area (TPSA) is 36.3 Å². The number of likely N-dealkylation sites (N-methyl/N-ethyl adjacent to an activating group) is 1. The van der Waals surface area contributed by atoms with Crippen LogP contribution in [-0.4, -0.2) is 65.7 Å². The Morgan fingerprint density at radius 1 is 1.38 bits per heavy atom. The smallest absolute Gasteiger partial charge is 0.127 e. The summed E-state index contributed by atoms with van der Waals surface area (Å²) in [6.07, 6.45) is 5.25. The van der Waals surface area contributed by atoms with Gasteiger partial charge >= 0.3 is 0 Å². The normalized spacial score (nSPS) is 31.3. The molecule has 5 nitrogen and oxygen atoms in total. The highest BCUT2D eigenvalue weighted by Gasteiger charge is 2.34. The van der Waals surface area contributed by atoms with Crippen LogP contribution in [0, 0.1) is 5.41 Å². The van der Waals surface area contributed by atoms with Crippen LogP contribution in [0.5, 0.6) is 0 Å². The Morgan fingerprint density at radius 2 is 2.19 bits per heavy atom. The molecular formula is C15H28ClN5. The third-order valence-corrected chi connectivity index (χ3v) is 4.95. The third kappa shape index (κ3) is 3.59. The van der Waals surface area contributed by atoms with Gasteiger partial charge in [0.2, 0.25) is 0 Å². The average Bonchev–Trinajstić information content (AvgIpc) is 3.01. The highest BCUT2D eigenvalue weighted by atomic mass is 35.5. The predicted octanol–water partition coefficient (Wildman–Crippen LogP) is 1.13. The van der Waals surface area contributed by atoms with Crippen molar-refractivity contribution in [3.63, 3.8) is 0 Å². The minimum Gasteiger partial charge on any atom is -0.337 e. The van der Waals surface area contributed by atoms with Gasteiger partial charge < -0.3 is 9.88 Å². The fourth-order valence-corrected chi connectivity index (χ4v) is 3.59. The number of nitrogens with zero attached hydrogens (tertiary/aromatic N) is 4. The molecule has 2 unspecified atom stereocenters. The number of aryl methyl sites for hydroxylation is 1. The quantitative estimate of drug-likeness (QED) is 0.907. The first-order chi connectivity index (χ1) is 9.57. The maximum atomic E-state index is 4.56. The third-order valence-electron chi connectivity index (χ3n) is 4.95. The maximum absolute atomic E-state index is 4.56. The highest BCUT2D eigenvalue weighted by molar-refractivity contribution is 5.85. The fraction of sp³-hybridized carbons (Fsp3) is 0.800. The van der Waals surface area contributed by atoms with Crippen LogP contribution in [0.1, 0.15) is 25.2 Å². The SMILES string of the molecule is CN1CCN(CC2(C)CCNC2)CC1c1nccn1C.Cl. The lowest BCUT2D eigenvalue weighted by atomic mass is 9.88. The summed E-state index contributed by atoms with van der Waals surface area (Å²) in [7, 11) is 4.31. The van der Waals surface area contributed by atoms with Crippen LogP contribution in [0.2, 0.25) is 0 Å². The van der Waals surface area contributed by atoms with Crippen molar-refractivity contribution < 1.29 is 0 Å². The molecule has 0 bridgehead atoms. The minimum absolute atomic E-state index is 0. The molecule has 6 heteroatoms. The first-order valence-electron chi connectivity index (χ1n) is 7.68. The molecule has 0 radical (unpaired) electrons. The molecule has 1 N–H and O–H groups in total. The van der Waals surface area contributed by atoms with Crippen LogP contribution < -0.4 is 5.32 Å². The second kappa shape index (κ2) is 6.65. The van der Waals surface area contributed by atoms with Gasteiger partial charge in [0.25, 0.3) is 0 Å². The molecule has 2 atom stereocenters. The molecule has 0 aliphatic carbocycles. The minimum atomic E-state index is 0. The molecule has 0 spiro atoms. The van der Waals surface area contributed by atoms with Crippen molar-refractivity contribution in [3.8, 4) is 0 Å². The molecule has 0 aromatic carbocycles. The van der Waals surface area contributed by atoms with Gasteiger partial charge in [-0.25, -0.2) is 4.98 Å². The van der Waals surface area contributed by atoms with E-state index in [-0.39, 0.29) is 12.4 Å². The van der Waals surface area contributed by atoms with Crippen molar-refractivity contribution in [2.24, 2.45) is 12.5 Å². The summed E-state index contributed by atoms with van der Waals surface area (Å²) in [5, 5.41) is 3.51. The molecule has 120 valence electrons. The lowest BCUT2D eigenvalue weighted by molar-refractivity contribution is 0.0626. The Kier molecular flexibility index (Phi) is 5.30. The van der Waals surface area contributed by atoms with Crippen LogP contribution in [0.4, 0.5) is 0 Å². The van der Waals surface area contributed by atoms with Crippen LogP contribution >= 0.6 is 12.4 Å². The Hall–Kier alpha value is -0.620. The maximum Gasteiger partial charge on any atom is 0.127 e. The van der Waals surface area contributed by atoms with Gasteiger partial charge in [0.1, 0.15) is 5.82 Å². The molecule has 3 rings (SSSR count). The van der Waals surface area contributed by atoms with Crippen LogP contribution in [0.15, 0.2) is 12.4 Å². The van der Waals surface area contributed by atoms with Gasteiger partial charge in [0.05, 0.1) is 6.04 Å². The average molecular weight is 314 g/mol. The van der Waals surface area contributed by atoms with Crippen LogP contribution in [-0.2, 0) is 7.05 Å². The van der Waals surface area contributed by atoms with E-state index in [9.17, 15) is 0 Å². The molecule has 1 aromatic rings. The van der Waals surface area contributed by atoms with E-state index < -0.39 is 0 Å². The molecule has 0 amide bonds. The van der Waals surface area contributed by atoms with Crippen molar-refractivity contribution >= 4 is 12.4 Å². The number of piperazine rings is 1. The number of hydrogen-bond donors (Lipinski definition) is 1. The zero-order valence-corrected chi connectivity index (χ0v) is 14.2. The number of rotatable bonds is 3. The van der Waals surface area contributed by atoms with E-state index in [2.05, 4.69) is 45.7 Å². The summed E-state index contributed by atoms with van der Waals surface area (Å²) in [6, 6.07) is 0.418. The molecule has 0 saturated carbocycles. The summed E-state index contributed by atoms with van der Waals surface area (Å²) in [5.41, 5.74) is 0.447. The largest absolute Gasteiger partial charge is 0.337 e. The summed E-state index contributed by atoms with van der Waals surface area (Å²) >= 11 is 0. The molecule has 2 fully saturated rings. The molecule has 3 heterocycles. The number of halogens is 1. The monoisotopic (exact) mass is 313 g/mol. The van der Waals surface area contributed by atoms with Gasteiger partial charge in [0, 0.05) is 52.2 Å². The van der Waals surface area contributed by atoms with Gasteiger partial charge in [-0.05, 0) is 25.4 Å². The molecule has 1 aromatic heterocycles. The second-order valence-corrected chi connectivity index (χ2v) is 6.87. The van der Waals surface area contributed by atoms with Gasteiger partial charge in [-0.15, -0.1) is 12.4 Å². The summed E-state index contributed by atoms with van der Waals surface area (Å²) in [4.78, 5) is 9.63. The van der Waals surface area contributed by atoms with Gasteiger partial charge in [-0.1, -0.05) is 6.92 Å². The van der Waals surface area contributed by atoms with E-state index in [0.29, 0.717) is 11.5 Å². The van der Waals surface area contributed by atoms with Gasteiger partial charge in [-0.2, -0.15) is 0 Å². The van der Waals surface area contributed by atoms with E-state index in [4.69, 9.17) is 0 Å². The number of hydrogen-bond acceptors (Lipinski definition) is 4. The Bertz CT molecular complexity index is 455. The fourth-order valence-electron chi connectivity index (χ4n) is 3.59. The Morgan fingerprint density at radius 3 is 2.81 bits per heavy atom. The van der Waals surface area contributed by atoms with Crippen molar-refractivity contribution in [2.75, 3.05) is 46.3 Å². The van der Waals surface area contributed by atoms with Crippen LogP contribution in [0.3, 0.4) is 0 Å². The summed E-state index contributed by atoms with van der Waals surface area (Å²) < 4.78 is 2.16. The molecule has 2 saturated heterocycles. The lowest BCUT2D eigenvalue weighted by Crippen LogP contribution is -2.50. The van der Waals surface area contributed by atoms with E-state index in [1.165, 1.54) is 31.9 Å². The highest BCUT2D eigenvalue weighted by Crippen LogP contribution is 2.29. The van der Waals surface area contributed by atoms with E-state index >= 15 is 0 Å². The first-order valence-corrected chi connectivity index (χ1v) is 7.68. The second-order valence-electron chi connectivity index (χ2n) is 6.87. The molecule has 2 aliphatic heterocycles. The zero-order valence-electron chi connectivity index (χ0n) is 13.4. The number of imidazole rings is 1. The summed E-state index contributed by atoms with van der Waals surface area (Å²) in [6.45, 7) is 9.35. The molecular weight excluding hydrogens is 286 g/mol. The first kappa shape index (κ1) is 16.7. The van der Waals surface area contributed by atoms with E-state index in [0.717, 1.165) is 19.6 Å². The molecule has 21 heavy (non-hydrogen) atoms. The van der Waals surface area contributed by atoms with Crippen molar-refractivity contribution in [1.82, 2.24) is 24.7 Å². The zero-order chi connectivity index (χ0) is 14.2. The van der Waals surface area contributed by atoms with Crippen molar-refractivity contribution in [2.45, 2.75) is 19.4 Å². The Labute approximate surface area is 134 Å². The van der Waals surface area contributed by atoms with Gasteiger partial charge in [-0.3, -0.25) is 9.80 Å². The predicted molar refractivity (Wildman–Crippen MR) is 87.9 cm³/mol.